The van der Waals surface area contributed by atoms with Gasteiger partial charge in [-0.1, -0.05) is 0 Å². The molecule has 0 aromatic carbocycles. The molecule has 0 unspecified atom stereocenters. The Labute approximate surface area is 230 Å². The summed E-state index contributed by atoms with van der Waals surface area (Å²) in [4.78, 5) is 23.7. The molecule has 0 radical (unpaired) electrons. The van der Waals surface area contributed by atoms with Crippen LogP contribution < -0.4 is 10.6 Å². The molecular formula is C24H50N2O10Si2. The van der Waals surface area contributed by atoms with Gasteiger partial charge in [0.25, 0.3) is 0 Å². The quantitative estimate of drug-likeness (QED) is 0.0982. The Kier molecular flexibility index (Phi) is 22.4. The summed E-state index contributed by atoms with van der Waals surface area (Å²) in [6, 6.07) is 1.22. The molecule has 14 heteroatoms. The van der Waals surface area contributed by atoms with Crippen molar-refractivity contribution in [2.24, 2.45) is 0 Å². The van der Waals surface area contributed by atoms with Gasteiger partial charge in [-0.3, -0.25) is 0 Å². The molecule has 0 aliphatic rings. The van der Waals surface area contributed by atoms with E-state index < -0.39 is 29.8 Å². The average molecular weight is 583 g/mol. The Morgan fingerprint density at radius 1 is 0.553 bits per heavy atom. The van der Waals surface area contributed by atoms with Crippen molar-refractivity contribution in [3.05, 3.63) is 12.2 Å². The lowest BCUT2D eigenvalue weighted by Gasteiger charge is -2.28. The number of carbonyl (C=O) groups is 2. The highest BCUT2D eigenvalue weighted by Crippen LogP contribution is 2.18. The summed E-state index contributed by atoms with van der Waals surface area (Å²) in [5.41, 5.74) is 0. The first-order valence-corrected chi connectivity index (χ1v) is 17.5. The van der Waals surface area contributed by atoms with Crippen molar-refractivity contribution in [1.29, 1.82) is 0 Å². The third kappa shape index (κ3) is 17.1. The van der Waals surface area contributed by atoms with E-state index in [4.69, 9.17) is 36.0 Å². The zero-order valence-corrected chi connectivity index (χ0v) is 26.1. The van der Waals surface area contributed by atoms with E-state index >= 15 is 0 Å². The Morgan fingerprint density at radius 2 is 0.842 bits per heavy atom. The number of ether oxygens (including phenoxy) is 2. The van der Waals surface area contributed by atoms with Gasteiger partial charge in [0.15, 0.2) is 0 Å². The Morgan fingerprint density at radius 3 is 1.11 bits per heavy atom. The van der Waals surface area contributed by atoms with E-state index in [1.54, 1.807) is 12.2 Å². The van der Waals surface area contributed by atoms with Gasteiger partial charge >= 0.3 is 29.8 Å². The first-order chi connectivity index (χ1) is 18.4. The van der Waals surface area contributed by atoms with Crippen molar-refractivity contribution in [2.45, 2.75) is 66.5 Å². The second-order valence-corrected chi connectivity index (χ2v) is 13.2. The summed E-state index contributed by atoms with van der Waals surface area (Å²) >= 11 is 0. The predicted octanol–water partition coefficient (Wildman–Crippen LogP) is 3.87. The topological polar surface area (TPSA) is 132 Å². The van der Waals surface area contributed by atoms with Crippen LogP contribution in [0.1, 0.15) is 54.4 Å². The molecule has 0 aliphatic heterocycles. The van der Waals surface area contributed by atoms with Gasteiger partial charge in [-0.25, -0.2) is 9.59 Å². The van der Waals surface area contributed by atoms with Crippen LogP contribution >= 0.6 is 0 Å². The first-order valence-electron chi connectivity index (χ1n) is 13.7. The molecular weight excluding hydrogens is 532 g/mol. The second kappa shape index (κ2) is 23.4. The summed E-state index contributed by atoms with van der Waals surface area (Å²) < 4.78 is 44.9. The largest absolute Gasteiger partial charge is 0.500 e. The third-order valence-corrected chi connectivity index (χ3v) is 11.1. The highest BCUT2D eigenvalue weighted by atomic mass is 28.4. The SMILES string of the molecule is CCO[Si](CCCNC(=O)OCC=CCOC(=O)NCCC[Si](OCC)(OCC)OCC)(OCC)OCC. The number of nitrogens with one attached hydrogen (secondary N) is 2. The van der Waals surface area contributed by atoms with E-state index in [1.165, 1.54) is 0 Å². The smallest absolute Gasteiger partial charge is 0.445 e. The standard InChI is InChI=1S/C24H50N2O10Si2/c1-7-31-37(32-8-2,33-9-3)21-15-17-25-23(27)29-19-13-14-20-30-24(28)26-18-16-22-38(34-10-4,35-11-5)36-12-6/h13-14H,7-12,15-22H2,1-6H3,(H,25,27)(H,26,28). The van der Waals surface area contributed by atoms with Gasteiger partial charge in [0.1, 0.15) is 13.2 Å². The maximum atomic E-state index is 11.9. The predicted molar refractivity (Wildman–Crippen MR) is 148 cm³/mol. The maximum absolute atomic E-state index is 11.9. The van der Waals surface area contributed by atoms with E-state index in [1.807, 2.05) is 41.5 Å². The lowest BCUT2D eigenvalue weighted by atomic mass is 10.5. The molecule has 0 atom stereocenters. The first kappa shape index (κ1) is 36.5. The van der Waals surface area contributed by atoms with Crippen LogP contribution in [0, 0.1) is 0 Å². The Bertz CT molecular complexity index is 557. The molecule has 0 heterocycles. The van der Waals surface area contributed by atoms with E-state index in [9.17, 15) is 9.59 Å². The summed E-state index contributed by atoms with van der Waals surface area (Å²) in [7, 11) is -5.42. The molecule has 2 N–H and O–H groups in total. The van der Waals surface area contributed by atoms with Gasteiger partial charge in [-0.15, -0.1) is 0 Å². The number of hydrogen-bond donors (Lipinski definition) is 2. The van der Waals surface area contributed by atoms with E-state index in [0.717, 1.165) is 0 Å². The fourth-order valence-corrected chi connectivity index (χ4v) is 8.70. The zero-order chi connectivity index (χ0) is 28.5. The minimum atomic E-state index is -2.71. The van der Waals surface area contributed by atoms with Crippen LogP contribution in [0.3, 0.4) is 0 Å². The fourth-order valence-electron chi connectivity index (χ4n) is 3.48. The summed E-state index contributed by atoms with van der Waals surface area (Å²) in [6.07, 6.45) is 3.44. The van der Waals surface area contributed by atoms with Gasteiger partial charge in [-0.2, -0.15) is 0 Å². The fraction of sp³-hybridized carbons (Fsp3) is 0.833. The van der Waals surface area contributed by atoms with Crippen LogP contribution in [0.2, 0.25) is 12.1 Å². The molecule has 224 valence electrons. The molecule has 12 nitrogen and oxygen atoms in total. The lowest BCUT2D eigenvalue weighted by molar-refractivity contribution is 0.0699. The summed E-state index contributed by atoms with van der Waals surface area (Å²) in [6.45, 7) is 15.5. The molecule has 0 aromatic rings. The van der Waals surface area contributed by atoms with Crippen molar-refractivity contribution in [2.75, 3.05) is 65.9 Å². The molecule has 0 saturated heterocycles. The molecule has 0 fully saturated rings. The van der Waals surface area contributed by atoms with Crippen LogP contribution in [-0.4, -0.2) is 95.7 Å². The van der Waals surface area contributed by atoms with E-state index in [0.29, 0.717) is 77.7 Å². The average Bonchev–Trinajstić information content (AvgIpc) is 2.87. The third-order valence-electron chi connectivity index (χ3n) is 4.83. The summed E-state index contributed by atoms with van der Waals surface area (Å²) in [5, 5.41) is 5.39. The molecule has 38 heavy (non-hydrogen) atoms. The normalized spacial score (nSPS) is 12.1. The van der Waals surface area contributed by atoms with Crippen molar-refractivity contribution >= 4 is 29.8 Å². The maximum Gasteiger partial charge on any atom is 0.500 e. The van der Waals surface area contributed by atoms with Crippen LogP contribution in [0.25, 0.3) is 0 Å². The number of carbonyl (C=O) groups excluding carboxylic acids is 2. The number of rotatable bonds is 24. The second-order valence-electron chi connectivity index (χ2n) is 7.69. The van der Waals surface area contributed by atoms with Gasteiger partial charge < -0.3 is 46.7 Å². The molecule has 0 spiro atoms. The van der Waals surface area contributed by atoms with Crippen molar-refractivity contribution < 1.29 is 45.6 Å². The molecule has 2 amide bonds. The molecule has 0 saturated carbocycles. The Hall–Kier alpha value is -1.53. The lowest BCUT2D eigenvalue weighted by Crippen LogP contribution is -2.46. The highest BCUT2D eigenvalue weighted by molar-refractivity contribution is 6.61. The highest BCUT2D eigenvalue weighted by Gasteiger charge is 2.40. The molecule has 0 bridgehead atoms. The number of amides is 2. The van der Waals surface area contributed by atoms with Crippen LogP contribution in [0.5, 0.6) is 0 Å². The van der Waals surface area contributed by atoms with Crippen LogP contribution in [0.15, 0.2) is 12.2 Å². The van der Waals surface area contributed by atoms with Gasteiger partial charge in [0, 0.05) is 64.8 Å². The molecule has 0 aromatic heterocycles. The summed E-state index contributed by atoms with van der Waals surface area (Å²) in [5.74, 6) is 0. The van der Waals surface area contributed by atoms with E-state index in [-0.39, 0.29) is 13.2 Å². The van der Waals surface area contributed by atoms with E-state index in [2.05, 4.69) is 10.6 Å². The van der Waals surface area contributed by atoms with Gasteiger partial charge in [-0.05, 0) is 66.5 Å². The van der Waals surface area contributed by atoms with Gasteiger partial charge in [0.2, 0.25) is 0 Å². The number of alkyl carbamates (subject to hydrolysis) is 2. The zero-order valence-electron chi connectivity index (χ0n) is 24.1. The van der Waals surface area contributed by atoms with Crippen LogP contribution in [0.4, 0.5) is 9.59 Å². The minimum Gasteiger partial charge on any atom is -0.445 e. The monoisotopic (exact) mass is 582 g/mol. The minimum absolute atomic E-state index is 0.0608. The molecule has 0 rings (SSSR count). The van der Waals surface area contributed by atoms with Crippen molar-refractivity contribution in [3.8, 4) is 0 Å². The van der Waals surface area contributed by atoms with Crippen molar-refractivity contribution in [3.63, 3.8) is 0 Å². The number of hydrogen-bond acceptors (Lipinski definition) is 10. The van der Waals surface area contributed by atoms with Crippen LogP contribution in [-0.2, 0) is 36.0 Å². The molecule has 0 aliphatic carbocycles. The Balaban J connectivity index is 4.07. The van der Waals surface area contributed by atoms with Gasteiger partial charge in [0.05, 0.1) is 0 Å². The van der Waals surface area contributed by atoms with Crippen molar-refractivity contribution in [1.82, 2.24) is 10.6 Å².